The van der Waals surface area contributed by atoms with Gasteiger partial charge in [0, 0.05) is 18.1 Å². The number of rotatable bonds is 7. The Kier molecular flexibility index (Phi) is 6.11. The summed E-state index contributed by atoms with van der Waals surface area (Å²) in [5.74, 6) is 1.09. The van der Waals surface area contributed by atoms with Crippen LogP contribution in [0.1, 0.15) is 24.5 Å². The lowest BCUT2D eigenvalue weighted by molar-refractivity contribution is -0.141. The largest absolute Gasteiger partial charge is 0.496 e. The summed E-state index contributed by atoms with van der Waals surface area (Å²) >= 11 is 0. The van der Waals surface area contributed by atoms with Crippen LogP contribution in [0.5, 0.6) is 17.2 Å². The maximum Gasteiger partial charge on any atom is 0.305 e. The van der Waals surface area contributed by atoms with Crippen molar-refractivity contribution in [1.82, 2.24) is 0 Å². The third-order valence-corrected chi connectivity index (χ3v) is 2.94. The van der Waals surface area contributed by atoms with Crippen molar-refractivity contribution in [3.05, 3.63) is 17.7 Å². The Morgan fingerprint density at radius 2 is 1.60 bits per heavy atom. The highest BCUT2D eigenvalue weighted by Gasteiger charge is 2.19. The van der Waals surface area contributed by atoms with Gasteiger partial charge in [-0.25, -0.2) is 0 Å². The van der Waals surface area contributed by atoms with Crippen molar-refractivity contribution < 1.29 is 28.8 Å². The lowest BCUT2D eigenvalue weighted by Crippen LogP contribution is -2.07. The molecule has 6 heteroatoms. The van der Waals surface area contributed by atoms with E-state index >= 15 is 0 Å². The standard InChI is InChI=1S/C14H20O6/c1-17-11-8-13(19-3)12(18-2)7-9(11)10(15)5-6-14(16)20-4/h7-8,10,15H,5-6H2,1-4H3. The molecule has 0 fully saturated rings. The highest BCUT2D eigenvalue weighted by atomic mass is 16.5. The van der Waals surface area contributed by atoms with Gasteiger partial charge in [0.1, 0.15) is 5.75 Å². The molecule has 0 aromatic heterocycles. The maximum atomic E-state index is 11.1. The van der Waals surface area contributed by atoms with E-state index in [9.17, 15) is 9.90 Å². The highest BCUT2D eigenvalue weighted by Crippen LogP contribution is 2.38. The molecule has 0 aliphatic rings. The molecule has 1 aromatic rings. The molecule has 112 valence electrons. The Bertz CT molecular complexity index is 457. The molecular weight excluding hydrogens is 264 g/mol. The van der Waals surface area contributed by atoms with Crippen molar-refractivity contribution >= 4 is 5.97 Å². The fourth-order valence-electron chi connectivity index (χ4n) is 1.83. The SMILES string of the molecule is COC(=O)CCC(O)c1cc(OC)c(OC)cc1OC. The molecule has 0 heterocycles. The molecule has 1 aromatic carbocycles. The zero-order chi connectivity index (χ0) is 15.1. The maximum absolute atomic E-state index is 11.1. The van der Waals surface area contributed by atoms with Crippen LogP contribution in [-0.2, 0) is 9.53 Å². The van der Waals surface area contributed by atoms with Gasteiger partial charge in [0.05, 0.1) is 34.5 Å². The molecule has 1 rings (SSSR count). The molecule has 0 amide bonds. The molecule has 0 bridgehead atoms. The molecule has 0 saturated carbocycles. The number of methoxy groups -OCH3 is 4. The van der Waals surface area contributed by atoms with Crippen LogP contribution in [0.25, 0.3) is 0 Å². The van der Waals surface area contributed by atoms with Crippen LogP contribution in [0.2, 0.25) is 0 Å². The Morgan fingerprint density at radius 3 is 2.10 bits per heavy atom. The minimum atomic E-state index is -0.858. The van der Waals surface area contributed by atoms with Crippen LogP contribution in [-0.4, -0.2) is 39.5 Å². The fraction of sp³-hybridized carbons (Fsp3) is 0.500. The summed E-state index contributed by atoms with van der Waals surface area (Å²) < 4.78 is 20.1. The first-order chi connectivity index (χ1) is 9.57. The van der Waals surface area contributed by atoms with Gasteiger partial charge in [-0.2, -0.15) is 0 Å². The van der Waals surface area contributed by atoms with E-state index in [1.807, 2.05) is 0 Å². The summed E-state index contributed by atoms with van der Waals surface area (Å²) in [7, 11) is 5.84. The normalized spacial score (nSPS) is 11.7. The van der Waals surface area contributed by atoms with E-state index in [0.717, 1.165) is 0 Å². The zero-order valence-corrected chi connectivity index (χ0v) is 12.1. The first-order valence-corrected chi connectivity index (χ1v) is 6.12. The van der Waals surface area contributed by atoms with Crippen LogP contribution >= 0.6 is 0 Å². The molecule has 1 atom stereocenters. The summed E-state index contributed by atoms with van der Waals surface area (Å²) in [6.07, 6.45) is -0.503. The van der Waals surface area contributed by atoms with Gasteiger partial charge >= 0.3 is 5.97 Å². The Labute approximate surface area is 118 Å². The number of aliphatic hydroxyl groups is 1. The van der Waals surface area contributed by atoms with Gasteiger partial charge in [-0.3, -0.25) is 4.79 Å². The van der Waals surface area contributed by atoms with Crippen LogP contribution in [0.3, 0.4) is 0 Å². The monoisotopic (exact) mass is 284 g/mol. The number of carbonyl (C=O) groups excluding carboxylic acids is 1. The summed E-state index contributed by atoms with van der Waals surface area (Å²) in [6, 6.07) is 3.27. The van der Waals surface area contributed by atoms with E-state index in [0.29, 0.717) is 22.8 Å². The molecule has 0 saturated heterocycles. The van der Waals surface area contributed by atoms with Gasteiger partial charge in [0.2, 0.25) is 0 Å². The van der Waals surface area contributed by atoms with Crippen LogP contribution in [0.4, 0.5) is 0 Å². The third kappa shape index (κ3) is 3.77. The minimum Gasteiger partial charge on any atom is -0.496 e. The van der Waals surface area contributed by atoms with E-state index in [1.54, 1.807) is 12.1 Å². The summed E-state index contributed by atoms with van der Waals surface area (Å²) in [5, 5.41) is 10.2. The van der Waals surface area contributed by atoms with Crippen molar-refractivity contribution in [3.8, 4) is 17.2 Å². The zero-order valence-electron chi connectivity index (χ0n) is 12.1. The van der Waals surface area contributed by atoms with Crippen molar-refractivity contribution in [2.75, 3.05) is 28.4 Å². The average Bonchev–Trinajstić information content (AvgIpc) is 2.50. The first-order valence-electron chi connectivity index (χ1n) is 6.12. The first kappa shape index (κ1) is 16.1. The van der Waals surface area contributed by atoms with Crippen LogP contribution in [0.15, 0.2) is 12.1 Å². The molecule has 0 aliphatic heterocycles. The minimum absolute atomic E-state index is 0.120. The van der Waals surface area contributed by atoms with Crippen molar-refractivity contribution in [1.29, 1.82) is 0 Å². The summed E-state index contributed by atoms with van der Waals surface area (Å²) in [5.41, 5.74) is 0.536. The molecule has 0 spiro atoms. The lowest BCUT2D eigenvalue weighted by atomic mass is 10.0. The van der Waals surface area contributed by atoms with Gasteiger partial charge in [-0.1, -0.05) is 0 Å². The smallest absolute Gasteiger partial charge is 0.305 e. The van der Waals surface area contributed by atoms with E-state index in [1.165, 1.54) is 28.4 Å². The Morgan fingerprint density at radius 1 is 1.05 bits per heavy atom. The second-order valence-corrected chi connectivity index (χ2v) is 4.08. The summed E-state index contributed by atoms with van der Waals surface area (Å²) in [4.78, 5) is 11.1. The second-order valence-electron chi connectivity index (χ2n) is 4.08. The predicted octanol–water partition coefficient (Wildman–Crippen LogP) is 1.70. The van der Waals surface area contributed by atoms with Gasteiger partial charge in [0.15, 0.2) is 11.5 Å². The second kappa shape index (κ2) is 7.59. The predicted molar refractivity (Wildman–Crippen MR) is 72.3 cm³/mol. The van der Waals surface area contributed by atoms with Gasteiger partial charge in [-0.05, 0) is 12.5 Å². The lowest BCUT2D eigenvalue weighted by Gasteiger charge is -2.17. The fourth-order valence-corrected chi connectivity index (χ4v) is 1.83. The van der Waals surface area contributed by atoms with Gasteiger partial charge < -0.3 is 24.1 Å². The average molecular weight is 284 g/mol. The molecule has 6 nitrogen and oxygen atoms in total. The number of esters is 1. The molecular formula is C14H20O6. The highest BCUT2D eigenvalue weighted by molar-refractivity contribution is 5.69. The van der Waals surface area contributed by atoms with E-state index < -0.39 is 6.10 Å². The van der Waals surface area contributed by atoms with Crippen molar-refractivity contribution in [3.63, 3.8) is 0 Å². The molecule has 20 heavy (non-hydrogen) atoms. The number of hydrogen-bond acceptors (Lipinski definition) is 6. The van der Waals surface area contributed by atoms with Crippen molar-refractivity contribution in [2.45, 2.75) is 18.9 Å². The molecule has 0 radical (unpaired) electrons. The molecule has 1 unspecified atom stereocenters. The number of ether oxygens (including phenoxy) is 4. The Balaban J connectivity index is 2.99. The topological polar surface area (TPSA) is 74.2 Å². The number of hydrogen-bond donors (Lipinski definition) is 1. The van der Waals surface area contributed by atoms with E-state index in [4.69, 9.17) is 14.2 Å². The van der Waals surface area contributed by atoms with E-state index in [-0.39, 0.29) is 18.8 Å². The summed E-state index contributed by atoms with van der Waals surface area (Å²) in [6.45, 7) is 0. The van der Waals surface area contributed by atoms with Crippen LogP contribution in [0, 0.1) is 0 Å². The van der Waals surface area contributed by atoms with Gasteiger partial charge in [0.25, 0.3) is 0 Å². The number of carbonyl (C=O) groups is 1. The van der Waals surface area contributed by atoms with Crippen molar-refractivity contribution in [2.24, 2.45) is 0 Å². The Hall–Kier alpha value is -1.95. The third-order valence-electron chi connectivity index (χ3n) is 2.94. The van der Waals surface area contributed by atoms with Gasteiger partial charge in [-0.15, -0.1) is 0 Å². The quantitative estimate of drug-likeness (QED) is 0.768. The van der Waals surface area contributed by atoms with E-state index in [2.05, 4.69) is 4.74 Å². The number of aliphatic hydroxyl groups excluding tert-OH is 1. The molecule has 1 N–H and O–H groups in total. The number of benzene rings is 1. The molecule has 0 aliphatic carbocycles. The van der Waals surface area contributed by atoms with Crippen LogP contribution < -0.4 is 14.2 Å².